The van der Waals surface area contributed by atoms with E-state index in [1.807, 2.05) is 0 Å². The lowest BCUT2D eigenvalue weighted by molar-refractivity contribution is -0.142. The highest BCUT2D eigenvalue weighted by molar-refractivity contribution is 6.32. The van der Waals surface area contributed by atoms with Gasteiger partial charge in [0.25, 0.3) is 5.91 Å². The number of nitrogens with zero attached hydrogens (tertiary/aromatic N) is 2. The molecule has 6 nitrogen and oxygen atoms in total. The van der Waals surface area contributed by atoms with Crippen molar-refractivity contribution in [3.63, 3.8) is 0 Å². The lowest BCUT2D eigenvalue weighted by atomic mass is 10.1. The molecule has 166 valence electrons. The summed E-state index contributed by atoms with van der Waals surface area (Å²) in [4.78, 5) is 31.2. The number of halogens is 2. The van der Waals surface area contributed by atoms with Crippen LogP contribution in [0.3, 0.4) is 0 Å². The number of benzene rings is 2. The number of nitrogens with one attached hydrogen (secondary N) is 1. The third-order valence-electron chi connectivity index (χ3n) is 4.84. The predicted molar refractivity (Wildman–Crippen MR) is 119 cm³/mol. The molecule has 1 aromatic heterocycles. The van der Waals surface area contributed by atoms with Gasteiger partial charge in [0.15, 0.2) is 6.61 Å². The maximum atomic E-state index is 13.3. The number of hydrogen-bond donors (Lipinski definition) is 1. The summed E-state index contributed by atoms with van der Waals surface area (Å²) in [6, 6.07) is 15.4. The van der Waals surface area contributed by atoms with Gasteiger partial charge >= 0.3 is 0 Å². The Balaban J connectivity index is 1.71. The number of carbonyl (C=O) groups excluding carboxylic acids is 2. The minimum absolute atomic E-state index is 0.120. The van der Waals surface area contributed by atoms with E-state index in [-0.39, 0.29) is 24.9 Å². The van der Waals surface area contributed by atoms with E-state index in [4.69, 9.17) is 16.3 Å². The van der Waals surface area contributed by atoms with Crippen molar-refractivity contribution < 1.29 is 18.7 Å². The summed E-state index contributed by atoms with van der Waals surface area (Å²) in [5, 5.41) is 3.21. The summed E-state index contributed by atoms with van der Waals surface area (Å²) in [5.74, 6) is -0.730. The van der Waals surface area contributed by atoms with Crippen LogP contribution in [0.2, 0.25) is 5.02 Å². The second-order valence-electron chi connectivity index (χ2n) is 7.12. The summed E-state index contributed by atoms with van der Waals surface area (Å²) >= 11 is 6.09. The number of carbonyl (C=O) groups is 2. The molecule has 0 saturated carbocycles. The molecule has 0 radical (unpaired) electrons. The standard InChI is InChI=1S/C24H23ClFN3O3/c1-17(24(31)28-14-18-10-12-27-13-11-18)29(15-19-6-8-20(26)9-7-19)23(30)16-32-22-5-3-2-4-21(22)25/h2-13,17H,14-16H2,1H3,(H,28,31)/t17-/m0/s1. The zero-order chi connectivity index (χ0) is 22.9. The molecule has 0 aliphatic carbocycles. The Morgan fingerprint density at radius 2 is 1.75 bits per heavy atom. The highest BCUT2D eigenvalue weighted by Gasteiger charge is 2.26. The molecule has 1 heterocycles. The summed E-state index contributed by atoms with van der Waals surface area (Å²) in [5.41, 5.74) is 1.57. The van der Waals surface area contributed by atoms with Crippen LogP contribution in [0.25, 0.3) is 0 Å². The second-order valence-corrected chi connectivity index (χ2v) is 7.52. The Hall–Kier alpha value is -3.45. The van der Waals surface area contributed by atoms with Gasteiger partial charge in [-0.15, -0.1) is 0 Å². The van der Waals surface area contributed by atoms with Gasteiger partial charge < -0.3 is 15.0 Å². The number of hydrogen-bond acceptors (Lipinski definition) is 4. The van der Waals surface area contributed by atoms with Crippen molar-refractivity contribution in [1.82, 2.24) is 15.2 Å². The van der Waals surface area contributed by atoms with E-state index in [0.29, 0.717) is 22.9 Å². The van der Waals surface area contributed by atoms with Crippen molar-refractivity contribution in [1.29, 1.82) is 0 Å². The molecule has 0 aliphatic rings. The summed E-state index contributed by atoms with van der Waals surface area (Å²) < 4.78 is 18.9. The van der Waals surface area contributed by atoms with Crippen LogP contribution in [0.15, 0.2) is 73.1 Å². The molecular formula is C24H23ClFN3O3. The van der Waals surface area contributed by atoms with E-state index in [1.54, 1.807) is 67.8 Å². The first-order valence-electron chi connectivity index (χ1n) is 10.0. The smallest absolute Gasteiger partial charge is 0.261 e. The molecule has 3 rings (SSSR count). The SMILES string of the molecule is C[C@@H](C(=O)NCc1ccncc1)N(Cc1ccc(F)cc1)C(=O)COc1ccccc1Cl. The van der Waals surface area contributed by atoms with Crippen LogP contribution < -0.4 is 10.1 Å². The highest BCUT2D eigenvalue weighted by Crippen LogP contribution is 2.23. The van der Waals surface area contributed by atoms with Crippen LogP contribution >= 0.6 is 11.6 Å². The van der Waals surface area contributed by atoms with Crippen LogP contribution in [0, 0.1) is 5.82 Å². The second kappa shape index (κ2) is 11.2. The van der Waals surface area contributed by atoms with Crippen LogP contribution in [-0.4, -0.2) is 34.3 Å². The van der Waals surface area contributed by atoms with E-state index < -0.39 is 11.9 Å². The fourth-order valence-corrected chi connectivity index (χ4v) is 3.18. The first-order chi connectivity index (χ1) is 15.4. The third-order valence-corrected chi connectivity index (χ3v) is 5.15. The summed E-state index contributed by atoms with van der Waals surface area (Å²) in [6.07, 6.45) is 3.28. The van der Waals surface area contributed by atoms with Gasteiger partial charge in [0, 0.05) is 25.5 Å². The molecular weight excluding hydrogens is 433 g/mol. The molecule has 2 amide bonds. The fourth-order valence-electron chi connectivity index (χ4n) is 2.99. The number of para-hydroxylation sites is 1. The first kappa shape index (κ1) is 23.2. The molecule has 0 spiro atoms. The summed E-state index contributed by atoms with van der Waals surface area (Å²) in [7, 11) is 0. The van der Waals surface area contributed by atoms with Gasteiger partial charge in [-0.2, -0.15) is 0 Å². The minimum atomic E-state index is -0.788. The number of pyridine rings is 1. The Morgan fingerprint density at radius 1 is 1.06 bits per heavy atom. The van der Waals surface area contributed by atoms with Gasteiger partial charge in [-0.25, -0.2) is 4.39 Å². The maximum Gasteiger partial charge on any atom is 0.261 e. The minimum Gasteiger partial charge on any atom is -0.482 e. The lowest BCUT2D eigenvalue weighted by Gasteiger charge is -2.29. The van der Waals surface area contributed by atoms with Crippen molar-refractivity contribution in [2.75, 3.05) is 6.61 Å². The van der Waals surface area contributed by atoms with Crippen molar-refractivity contribution >= 4 is 23.4 Å². The molecule has 1 atom stereocenters. The predicted octanol–water partition coefficient (Wildman–Crippen LogP) is 3.99. The average Bonchev–Trinajstić information content (AvgIpc) is 2.81. The van der Waals surface area contributed by atoms with E-state index in [9.17, 15) is 14.0 Å². The quantitative estimate of drug-likeness (QED) is 0.529. The van der Waals surface area contributed by atoms with Gasteiger partial charge in [0.2, 0.25) is 5.91 Å². The maximum absolute atomic E-state index is 13.3. The average molecular weight is 456 g/mol. The van der Waals surface area contributed by atoms with Crippen molar-refractivity contribution in [2.45, 2.75) is 26.1 Å². The van der Waals surface area contributed by atoms with Crippen LogP contribution in [0.5, 0.6) is 5.75 Å². The van der Waals surface area contributed by atoms with Gasteiger partial charge in [-0.3, -0.25) is 14.6 Å². The molecule has 8 heteroatoms. The van der Waals surface area contributed by atoms with E-state index >= 15 is 0 Å². The van der Waals surface area contributed by atoms with Crippen molar-refractivity contribution in [2.24, 2.45) is 0 Å². The Kier molecular flexibility index (Phi) is 8.16. The van der Waals surface area contributed by atoms with Crippen molar-refractivity contribution in [3.8, 4) is 5.75 Å². The molecule has 0 bridgehead atoms. The molecule has 0 aliphatic heterocycles. The normalized spacial score (nSPS) is 11.5. The van der Waals surface area contributed by atoms with Crippen LogP contribution in [0.1, 0.15) is 18.1 Å². The topological polar surface area (TPSA) is 71.5 Å². The molecule has 0 unspecified atom stereocenters. The molecule has 0 saturated heterocycles. The van der Waals surface area contributed by atoms with Gasteiger partial charge in [0.1, 0.15) is 17.6 Å². The van der Waals surface area contributed by atoms with Crippen LogP contribution in [0.4, 0.5) is 4.39 Å². The fraction of sp³-hybridized carbons (Fsp3) is 0.208. The van der Waals surface area contributed by atoms with Crippen molar-refractivity contribution in [3.05, 3.63) is 95.0 Å². The first-order valence-corrected chi connectivity index (χ1v) is 10.4. The lowest BCUT2D eigenvalue weighted by Crippen LogP contribution is -2.48. The summed E-state index contributed by atoms with van der Waals surface area (Å²) in [6.45, 7) is 1.76. The highest BCUT2D eigenvalue weighted by atomic mass is 35.5. The van der Waals surface area contributed by atoms with Gasteiger partial charge in [-0.1, -0.05) is 35.9 Å². The molecule has 2 aromatic carbocycles. The third kappa shape index (κ3) is 6.52. The van der Waals surface area contributed by atoms with E-state index in [0.717, 1.165) is 5.56 Å². The Morgan fingerprint density at radius 3 is 2.44 bits per heavy atom. The molecule has 32 heavy (non-hydrogen) atoms. The monoisotopic (exact) mass is 455 g/mol. The molecule has 0 fully saturated rings. The van der Waals surface area contributed by atoms with Gasteiger partial charge in [-0.05, 0) is 54.4 Å². The number of aromatic nitrogens is 1. The molecule has 3 aromatic rings. The Bertz CT molecular complexity index is 1050. The Labute approximate surface area is 191 Å². The van der Waals surface area contributed by atoms with Gasteiger partial charge in [0.05, 0.1) is 5.02 Å². The number of rotatable bonds is 9. The zero-order valence-electron chi connectivity index (χ0n) is 17.5. The zero-order valence-corrected chi connectivity index (χ0v) is 18.3. The number of amides is 2. The van der Waals surface area contributed by atoms with E-state index in [2.05, 4.69) is 10.3 Å². The molecule has 1 N–H and O–H groups in total. The largest absolute Gasteiger partial charge is 0.482 e. The number of ether oxygens (including phenoxy) is 1. The van der Waals surface area contributed by atoms with E-state index in [1.165, 1.54) is 17.0 Å². The van der Waals surface area contributed by atoms with Crippen LogP contribution in [-0.2, 0) is 22.7 Å².